The third-order valence-corrected chi connectivity index (χ3v) is 2.93. The number of rotatable bonds is 1. The largest absolute Gasteiger partial charge is 0.397 e. The van der Waals surface area contributed by atoms with E-state index in [-0.39, 0.29) is 5.84 Å². The Labute approximate surface area is 127 Å². The van der Waals surface area contributed by atoms with Crippen molar-refractivity contribution >= 4 is 33.8 Å². The van der Waals surface area contributed by atoms with Crippen LogP contribution in [0.25, 0.3) is 10.8 Å². The van der Waals surface area contributed by atoms with E-state index in [2.05, 4.69) is 9.97 Å². The van der Waals surface area contributed by atoms with Crippen molar-refractivity contribution in [2.45, 2.75) is 0 Å². The summed E-state index contributed by atoms with van der Waals surface area (Å²) in [6.45, 7) is 0. The summed E-state index contributed by atoms with van der Waals surface area (Å²) in [5, 5.41) is 8.96. The zero-order valence-corrected chi connectivity index (χ0v) is 11.8. The minimum Gasteiger partial charge on any atom is -0.397 e. The van der Waals surface area contributed by atoms with Gasteiger partial charge in [-0.1, -0.05) is 24.3 Å². The molecule has 7 heteroatoms. The highest BCUT2D eigenvalue weighted by Crippen LogP contribution is 2.23. The number of pyridine rings is 2. The van der Waals surface area contributed by atoms with E-state index in [1.54, 1.807) is 18.3 Å². The fraction of sp³-hybridized carbons (Fsp3) is 0. The predicted molar refractivity (Wildman–Crippen MR) is 90.2 cm³/mol. The lowest BCUT2D eigenvalue weighted by Gasteiger charge is -2.02. The predicted octanol–water partition coefficient (Wildman–Crippen LogP) is 1.35. The maximum absolute atomic E-state index is 6.98. The van der Waals surface area contributed by atoms with Crippen LogP contribution in [0.4, 0.5) is 17.2 Å². The van der Waals surface area contributed by atoms with Crippen molar-refractivity contribution < 1.29 is 0 Å². The third-order valence-electron chi connectivity index (χ3n) is 2.93. The number of nitrogens with two attached hydrogens (primary N) is 4. The van der Waals surface area contributed by atoms with Gasteiger partial charge in [0.15, 0.2) is 0 Å². The van der Waals surface area contributed by atoms with Crippen LogP contribution in [0, 0.1) is 5.41 Å². The molecule has 2 heterocycles. The third kappa shape index (κ3) is 3.40. The maximum Gasteiger partial charge on any atom is 0.147 e. The number of nitrogens with one attached hydrogen (secondary N) is 1. The Morgan fingerprint density at radius 3 is 2.27 bits per heavy atom. The Morgan fingerprint density at radius 2 is 1.64 bits per heavy atom. The number of benzene rings is 1. The van der Waals surface area contributed by atoms with E-state index in [1.807, 2.05) is 24.3 Å². The number of hydrogen-bond acceptors (Lipinski definition) is 6. The van der Waals surface area contributed by atoms with Crippen molar-refractivity contribution in [2.24, 2.45) is 5.73 Å². The van der Waals surface area contributed by atoms with Gasteiger partial charge < -0.3 is 22.9 Å². The zero-order chi connectivity index (χ0) is 16.1. The molecule has 0 unspecified atom stereocenters. The summed E-state index contributed by atoms with van der Waals surface area (Å²) in [5.74, 6) is 0.355. The van der Waals surface area contributed by atoms with Crippen LogP contribution in [0.3, 0.4) is 0 Å². The van der Waals surface area contributed by atoms with Gasteiger partial charge in [-0.2, -0.15) is 0 Å². The standard InChI is InChI=1S/C9H9N3.C6H8N4/c10-8-7-4-2-1-3-6(7)5-12-9(8)11;7-4-1-2-5(6(8)9)10-3-4/h1-5H,10H2,(H2,11,12);1-3H,7H2,(H3,8,9). The lowest BCUT2D eigenvalue weighted by Crippen LogP contribution is -2.12. The van der Waals surface area contributed by atoms with E-state index in [0.717, 1.165) is 10.8 Å². The Bertz CT molecular complexity index is 797. The minimum atomic E-state index is -0.0417. The summed E-state index contributed by atoms with van der Waals surface area (Å²) >= 11 is 0. The quantitative estimate of drug-likeness (QED) is 0.337. The normalized spacial score (nSPS) is 9.82. The zero-order valence-electron chi connectivity index (χ0n) is 11.8. The van der Waals surface area contributed by atoms with Gasteiger partial charge in [0.2, 0.25) is 0 Å². The van der Waals surface area contributed by atoms with Crippen LogP contribution in [0.5, 0.6) is 0 Å². The molecule has 3 aromatic rings. The molecule has 0 amide bonds. The van der Waals surface area contributed by atoms with Crippen molar-refractivity contribution in [3.63, 3.8) is 0 Å². The summed E-state index contributed by atoms with van der Waals surface area (Å²) in [6, 6.07) is 11.0. The lowest BCUT2D eigenvalue weighted by atomic mass is 10.1. The molecule has 0 aliphatic carbocycles. The van der Waals surface area contributed by atoms with E-state index in [1.165, 1.54) is 6.20 Å². The highest BCUT2D eigenvalue weighted by atomic mass is 14.9. The molecule has 0 aliphatic heterocycles. The van der Waals surface area contributed by atoms with Crippen molar-refractivity contribution in [1.82, 2.24) is 9.97 Å². The lowest BCUT2D eigenvalue weighted by molar-refractivity contribution is 1.26. The van der Waals surface area contributed by atoms with Crippen molar-refractivity contribution in [1.29, 1.82) is 5.41 Å². The number of nitrogen functional groups attached to an aromatic ring is 4. The van der Waals surface area contributed by atoms with Crippen LogP contribution in [0.2, 0.25) is 0 Å². The summed E-state index contributed by atoms with van der Waals surface area (Å²) in [7, 11) is 0. The molecule has 22 heavy (non-hydrogen) atoms. The van der Waals surface area contributed by atoms with Gasteiger partial charge in [0.25, 0.3) is 0 Å². The molecule has 2 aromatic heterocycles. The van der Waals surface area contributed by atoms with Gasteiger partial charge in [-0.05, 0) is 12.1 Å². The van der Waals surface area contributed by atoms with E-state index in [0.29, 0.717) is 22.9 Å². The highest BCUT2D eigenvalue weighted by Gasteiger charge is 2.00. The van der Waals surface area contributed by atoms with Gasteiger partial charge in [0.05, 0.1) is 17.6 Å². The molecule has 1 aromatic carbocycles. The molecule has 0 spiro atoms. The first-order valence-electron chi connectivity index (χ1n) is 6.43. The minimum absolute atomic E-state index is 0.0417. The number of aromatic nitrogens is 2. The Hall–Kier alpha value is -3.35. The van der Waals surface area contributed by atoms with Crippen LogP contribution in [-0.2, 0) is 0 Å². The summed E-state index contributed by atoms with van der Waals surface area (Å²) in [5.41, 5.74) is 23.4. The second-order valence-electron chi connectivity index (χ2n) is 4.53. The fourth-order valence-corrected chi connectivity index (χ4v) is 1.77. The average molecular weight is 295 g/mol. The maximum atomic E-state index is 6.98. The highest BCUT2D eigenvalue weighted by molar-refractivity contribution is 5.96. The summed E-state index contributed by atoms with van der Waals surface area (Å²) < 4.78 is 0. The van der Waals surface area contributed by atoms with Gasteiger partial charge in [-0.3, -0.25) is 10.4 Å². The van der Waals surface area contributed by atoms with Crippen LogP contribution in [-0.4, -0.2) is 15.8 Å². The van der Waals surface area contributed by atoms with Crippen molar-refractivity contribution in [3.8, 4) is 0 Å². The average Bonchev–Trinajstić information content (AvgIpc) is 2.52. The van der Waals surface area contributed by atoms with Gasteiger partial charge in [-0.15, -0.1) is 0 Å². The second-order valence-corrected chi connectivity index (χ2v) is 4.53. The van der Waals surface area contributed by atoms with Gasteiger partial charge in [0, 0.05) is 17.0 Å². The molecular formula is C15H17N7. The number of amidine groups is 1. The van der Waals surface area contributed by atoms with E-state index < -0.39 is 0 Å². The smallest absolute Gasteiger partial charge is 0.147 e. The van der Waals surface area contributed by atoms with Gasteiger partial charge in [0.1, 0.15) is 17.3 Å². The first-order chi connectivity index (χ1) is 10.5. The first-order valence-corrected chi connectivity index (χ1v) is 6.43. The molecule has 0 radical (unpaired) electrons. The van der Waals surface area contributed by atoms with Crippen LogP contribution in [0.15, 0.2) is 48.8 Å². The Balaban J connectivity index is 0.000000164. The number of anilines is 3. The number of nitrogens with zero attached hydrogens (tertiary/aromatic N) is 2. The van der Waals surface area contributed by atoms with Crippen molar-refractivity contribution in [2.75, 3.05) is 17.2 Å². The van der Waals surface area contributed by atoms with E-state index in [4.69, 9.17) is 28.3 Å². The molecule has 112 valence electrons. The van der Waals surface area contributed by atoms with Crippen LogP contribution in [0.1, 0.15) is 5.69 Å². The molecule has 9 N–H and O–H groups in total. The SMILES string of the molecule is N=C(N)c1ccc(N)cn1.Nc1ncc2ccccc2c1N. The molecule has 0 saturated heterocycles. The molecule has 0 saturated carbocycles. The summed E-state index contributed by atoms with van der Waals surface area (Å²) in [4.78, 5) is 7.76. The van der Waals surface area contributed by atoms with Crippen molar-refractivity contribution in [3.05, 3.63) is 54.5 Å². The number of hydrogen-bond donors (Lipinski definition) is 5. The molecule has 0 bridgehead atoms. The van der Waals surface area contributed by atoms with Gasteiger partial charge >= 0.3 is 0 Å². The van der Waals surface area contributed by atoms with E-state index in [9.17, 15) is 0 Å². The molecule has 0 fully saturated rings. The molecule has 0 aliphatic rings. The molecule has 3 rings (SSSR count). The van der Waals surface area contributed by atoms with Crippen LogP contribution >= 0.6 is 0 Å². The number of fused-ring (bicyclic) bond motifs is 1. The monoisotopic (exact) mass is 295 g/mol. The van der Waals surface area contributed by atoms with Gasteiger partial charge in [-0.25, -0.2) is 4.98 Å². The van der Waals surface area contributed by atoms with E-state index >= 15 is 0 Å². The molecular weight excluding hydrogens is 278 g/mol. The Kier molecular flexibility index (Phi) is 4.38. The first kappa shape index (κ1) is 15.0. The Morgan fingerprint density at radius 1 is 0.909 bits per heavy atom. The fourth-order valence-electron chi connectivity index (χ4n) is 1.77. The summed E-state index contributed by atoms with van der Waals surface area (Å²) in [6.07, 6.45) is 3.19. The van der Waals surface area contributed by atoms with Crippen LogP contribution < -0.4 is 22.9 Å². The topological polar surface area (TPSA) is 154 Å². The molecule has 7 nitrogen and oxygen atoms in total. The second kappa shape index (κ2) is 6.40. The molecule has 0 atom stereocenters.